The van der Waals surface area contributed by atoms with Crippen LogP contribution in [-0.4, -0.2) is 17.4 Å². The van der Waals surface area contributed by atoms with Gasteiger partial charge in [0.1, 0.15) is 5.82 Å². The largest absolute Gasteiger partial charge is 0.330 e. The topological polar surface area (TPSA) is 46.3 Å². The molecule has 0 saturated carbocycles. The molecule has 0 saturated heterocycles. The van der Waals surface area contributed by atoms with E-state index in [1.807, 2.05) is 30.3 Å². The summed E-state index contributed by atoms with van der Waals surface area (Å²) < 4.78 is 13.7. The summed E-state index contributed by atoms with van der Waals surface area (Å²) in [5.74, 6) is -0.300. The first-order valence-corrected chi connectivity index (χ1v) is 7.03. The molecule has 3 rings (SSSR count). The molecule has 0 unspecified atom stereocenters. The number of nitrogens with zero attached hydrogens (tertiary/aromatic N) is 1. The summed E-state index contributed by atoms with van der Waals surface area (Å²) in [4.78, 5) is 14.1. The van der Waals surface area contributed by atoms with E-state index in [0.29, 0.717) is 30.8 Å². The molecule has 0 radical (unpaired) electrons. The van der Waals surface area contributed by atoms with Crippen LogP contribution in [0.3, 0.4) is 0 Å². The minimum absolute atomic E-state index is 0.0649. The van der Waals surface area contributed by atoms with Gasteiger partial charge in [0.05, 0.1) is 0 Å². The quantitative estimate of drug-likeness (QED) is 0.941. The van der Waals surface area contributed by atoms with Crippen molar-refractivity contribution in [2.24, 2.45) is 5.73 Å². The van der Waals surface area contributed by atoms with Crippen molar-refractivity contribution in [3.8, 4) is 0 Å². The number of carbonyl (C=O) groups excluding carboxylic acids is 1. The Bertz CT molecular complexity index is 667. The fourth-order valence-corrected chi connectivity index (χ4v) is 2.69. The second-order valence-electron chi connectivity index (χ2n) is 5.27. The summed E-state index contributed by atoms with van der Waals surface area (Å²) in [5, 5.41) is 0. The predicted octanol–water partition coefficient (Wildman–Crippen LogP) is 2.48. The van der Waals surface area contributed by atoms with Gasteiger partial charge in [-0.25, -0.2) is 4.39 Å². The molecule has 21 heavy (non-hydrogen) atoms. The maximum absolute atomic E-state index is 13.7. The van der Waals surface area contributed by atoms with Crippen LogP contribution in [-0.2, 0) is 19.5 Å². The van der Waals surface area contributed by atoms with Gasteiger partial charge in [0, 0.05) is 24.2 Å². The van der Waals surface area contributed by atoms with Crippen LogP contribution in [0.25, 0.3) is 0 Å². The lowest BCUT2D eigenvalue weighted by atomic mass is 10.1. The third-order valence-electron chi connectivity index (χ3n) is 3.85. The van der Waals surface area contributed by atoms with Crippen molar-refractivity contribution < 1.29 is 9.18 Å². The number of hydrogen-bond donors (Lipinski definition) is 1. The number of amides is 1. The van der Waals surface area contributed by atoms with E-state index in [2.05, 4.69) is 0 Å². The molecule has 4 heteroatoms. The van der Waals surface area contributed by atoms with Crippen molar-refractivity contribution in [3.63, 3.8) is 0 Å². The molecule has 2 N–H and O–H groups in total. The molecule has 0 atom stereocenters. The van der Waals surface area contributed by atoms with Crippen LogP contribution in [0.2, 0.25) is 0 Å². The molecule has 1 aliphatic heterocycles. The molecule has 1 amide bonds. The van der Waals surface area contributed by atoms with Crippen molar-refractivity contribution in [3.05, 3.63) is 70.5 Å². The third-order valence-corrected chi connectivity index (χ3v) is 3.85. The summed E-state index contributed by atoms with van der Waals surface area (Å²) in [6, 6.07) is 12.5. The van der Waals surface area contributed by atoms with Gasteiger partial charge in [-0.3, -0.25) is 4.79 Å². The molecule has 0 aromatic heterocycles. The SMILES string of the molecule is NCCc1ccc(C(=O)N2Cc3cccc(F)c3C2)cc1. The molecular weight excluding hydrogens is 267 g/mol. The standard InChI is InChI=1S/C17H17FN2O/c18-16-3-1-2-14-10-20(11-15(14)16)17(21)13-6-4-12(5-7-13)8-9-19/h1-7H,8-11,19H2. The first-order chi connectivity index (χ1) is 10.2. The van der Waals surface area contributed by atoms with Gasteiger partial charge in [-0.2, -0.15) is 0 Å². The predicted molar refractivity (Wildman–Crippen MR) is 79.2 cm³/mol. The number of nitrogens with two attached hydrogens (primary N) is 1. The normalized spacial score (nSPS) is 13.3. The lowest BCUT2D eigenvalue weighted by molar-refractivity contribution is 0.0750. The smallest absolute Gasteiger partial charge is 0.254 e. The van der Waals surface area contributed by atoms with Gasteiger partial charge in [0.2, 0.25) is 0 Å². The summed E-state index contributed by atoms with van der Waals surface area (Å²) in [6.45, 7) is 1.40. The average molecular weight is 284 g/mol. The highest BCUT2D eigenvalue weighted by Gasteiger charge is 2.26. The molecular formula is C17H17FN2O. The highest BCUT2D eigenvalue weighted by Crippen LogP contribution is 2.26. The number of hydrogen-bond acceptors (Lipinski definition) is 2. The molecule has 0 fully saturated rings. The Balaban J connectivity index is 1.77. The zero-order valence-electron chi connectivity index (χ0n) is 11.7. The Morgan fingerprint density at radius 1 is 1.14 bits per heavy atom. The van der Waals surface area contributed by atoms with E-state index in [9.17, 15) is 9.18 Å². The number of halogens is 1. The minimum Gasteiger partial charge on any atom is -0.330 e. The van der Waals surface area contributed by atoms with E-state index in [0.717, 1.165) is 17.5 Å². The molecule has 0 aliphatic carbocycles. The Morgan fingerprint density at radius 2 is 1.90 bits per heavy atom. The van der Waals surface area contributed by atoms with Crippen molar-refractivity contribution in [2.75, 3.05) is 6.54 Å². The molecule has 2 aromatic carbocycles. The molecule has 108 valence electrons. The van der Waals surface area contributed by atoms with E-state index in [4.69, 9.17) is 5.73 Å². The second-order valence-corrected chi connectivity index (χ2v) is 5.27. The third kappa shape index (κ3) is 2.67. The molecule has 2 aromatic rings. The number of fused-ring (bicyclic) bond motifs is 1. The van der Waals surface area contributed by atoms with Crippen LogP contribution in [0.1, 0.15) is 27.0 Å². The van der Waals surface area contributed by atoms with Gasteiger partial charge >= 0.3 is 0 Å². The van der Waals surface area contributed by atoms with Crippen LogP contribution >= 0.6 is 0 Å². The average Bonchev–Trinajstić information content (AvgIpc) is 2.93. The van der Waals surface area contributed by atoms with Crippen molar-refractivity contribution in [1.82, 2.24) is 4.90 Å². The first kappa shape index (κ1) is 13.8. The number of benzene rings is 2. The van der Waals surface area contributed by atoms with Gasteiger partial charge in [-0.15, -0.1) is 0 Å². The van der Waals surface area contributed by atoms with Gasteiger partial charge in [-0.1, -0.05) is 24.3 Å². The molecule has 0 bridgehead atoms. The lowest BCUT2D eigenvalue weighted by Gasteiger charge is -2.15. The van der Waals surface area contributed by atoms with E-state index in [1.165, 1.54) is 6.07 Å². The van der Waals surface area contributed by atoms with Crippen molar-refractivity contribution >= 4 is 5.91 Å². The van der Waals surface area contributed by atoms with Crippen LogP contribution in [0.5, 0.6) is 0 Å². The van der Waals surface area contributed by atoms with Crippen molar-refractivity contribution in [1.29, 1.82) is 0 Å². The van der Waals surface area contributed by atoms with Crippen molar-refractivity contribution in [2.45, 2.75) is 19.5 Å². The summed E-state index contributed by atoms with van der Waals surface area (Å²) >= 11 is 0. The lowest BCUT2D eigenvalue weighted by Crippen LogP contribution is -2.25. The Kier molecular flexibility index (Phi) is 3.71. The maximum Gasteiger partial charge on any atom is 0.254 e. The fourth-order valence-electron chi connectivity index (χ4n) is 2.69. The summed E-state index contributed by atoms with van der Waals surface area (Å²) in [7, 11) is 0. The van der Waals surface area contributed by atoms with Gasteiger partial charge < -0.3 is 10.6 Å². The minimum atomic E-state index is -0.235. The Morgan fingerprint density at radius 3 is 2.57 bits per heavy atom. The molecule has 1 heterocycles. The monoisotopic (exact) mass is 284 g/mol. The summed E-state index contributed by atoms with van der Waals surface area (Å²) in [6.07, 6.45) is 0.800. The van der Waals surface area contributed by atoms with E-state index in [-0.39, 0.29) is 11.7 Å². The Labute approximate surface area is 123 Å². The Hall–Kier alpha value is -2.20. The van der Waals surface area contributed by atoms with Gasteiger partial charge in [0.15, 0.2) is 0 Å². The van der Waals surface area contributed by atoms with Gasteiger partial charge in [-0.05, 0) is 42.3 Å². The molecule has 3 nitrogen and oxygen atoms in total. The highest BCUT2D eigenvalue weighted by atomic mass is 19.1. The number of rotatable bonds is 3. The van der Waals surface area contributed by atoms with E-state index < -0.39 is 0 Å². The first-order valence-electron chi connectivity index (χ1n) is 7.03. The van der Waals surface area contributed by atoms with E-state index >= 15 is 0 Å². The van der Waals surface area contributed by atoms with Crippen LogP contribution < -0.4 is 5.73 Å². The van der Waals surface area contributed by atoms with E-state index in [1.54, 1.807) is 11.0 Å². The maximum atomic E-state index is 13.7. The van der Waals surface area contributed by atoms with Crippen LogP contribution in [0.15, 0.2) is 42.5 Å². The summed E-state index contributed by atoms with van der Waals surface area (Å²) in [5.41, 5.74) is 8.78. The zero-order valence-corrected chi connectivity index (χ0v) is 11.7. The van der Waals surface area contributed by atoms with Crippen LogP contribution in [0, 0.1) is 5.82 Å². The number of carbonyl (C=O) groups is 1. The zero-order chi connectivity index (χ0) is 14.8. The fraction of sp³-hybridized carbons (Fsp3) is 0.235. The van der Waals surface area contributed by atoms with Gasteiger partial charge in [0.25, 0.3) is 5.91 Å². The van der Waals surface area contributed by atoms with Crippen LogP contribution in [0.4, 0.5) is 4.39 Å². The highest BCUT2D eigenvalue weighted by molar-refractivity contribution is 5.94. The molecule has 0 spiro atoms. The molecule has 1 aliphatic rings. The second kappa shape index (κ2) is 5.66.